The van der Waals surface area contributed by atoms with Crippen LogP contribution in [0.2, 0.25) is 10.0 Å². The fourth-order valence-electron chi connectivity index (χ4n) is 3.08. The summed E-state index contributed by atoms with van der Waals surface area (Å²) >= 11 is 11.9. The minimum absolute atomic E-state index is 0.0416. The van der Waals surface area contributed by atoms with Gasteiger partial charge in [-0.1, -0.05) is 23.2 Å². The molecule has 0 saturated carbocycles. The third-order valence-corrected chi connectivity index (χ3v) is 4.71. The Morgan fingerprint density at radius 2 is 1.75 bits per heavy atom. The van der Waals surface area contributed by atoms with Gasteiger partial charge in [-0.25, -0.2) is 0 Å². The number of alkyl halides is 2. The Hall–Kier alpha value is -2.38. The summed E-state index contributed by atoms with van der Waals surface area (Å²) in [7, 11) is 0. The van der Waals surface area contributed by atoms with Crippen LogP contribution in [0.3, 0.4) is 0 Å². The Labute approximate surface area is 170 Å². The lowest BCUT2D eigenvalue weighted by Gasteiger charge is -2.24. The molecule has 1 unspecified atom stereocenters. The molecule has 2 aromatic carbocycles. The van der Waals surface area contributed by atoms with Crippen molar-refractivity contribution in [2.75, 3.05) is 11.9 Å². The molecule has 1 aliphatic rings. The van der Waals surface area contributed by atoms with E-state index in [9.17, 15) is 18.4 Å². The number of nitrogens with one attached hydrogen (secondary N) is 1. The second-order valence-corrected chi connectivity index (χ2v) is 7.08. The van der Waals surface area contributed by atoms with Crippen LogP contribution in [0.1, 0.15) is 23.2 Å². The lowest BCUT2D eigenvalue weighted by atomic mass is 10.1. The Bertz CT molecular complexity index is 858. The summed E-state index contributed by atoms with van der Waals surface area (Å²) in [5.74, 6) is -0.743. The van der Waals surface area contributed by atoms with Crippen molar-refractivity contribution in [1.29, 1.82) is 0 Å². The average molecular weight is 429 g/mol. The Balaban J connectivity index is 1.71. The molecule has 148 valence electrons. The van der Waals surface area contributed by atoms with E-state index in [1.165, 1.54) is 29.2 Å². The lowest BCUT2D eigenvalue weighted by Crippen LogP contribution is -2.43. The van der Waals surface area contributed by atoms with Gasteiger partial charge in [-0.05, 0) is 55.3 Å². The van der Waals surface area contributed by atoms with Crippen LogP contribution in [-0.2, 0) is 4.79 Å². The van der Waals surface area contributed by atoms with Gasteiger partial charge >= 0.3 is 6.61 Å². The van der Waals surface area contributed by atoms with E-state index in [1.54, 1.807) is 18.2 Å². The normalized spacial score (nSPS) is 16.3. The third-order valence-electron chi connectivity index (χ3n) is 4.27. The lowest BCUT2D eigenvalue weighted by molar-refractivity contribution is -0.119. The number of likely N-dealkylation sites (tertiary alicyclic amines) is 1. The summed E-state index contributed by atoms with van der Waals surface area (Å²) in [6.45, 7) is -2.52. The molecule has 5 nitrogen and oxygen atoms in total. The maximum absolute atomic E-state index is 12.8. The molecule has 3 rings (SSSR count). The number of amides is 2. The largest absolute Gasteiger partial charge is 0.435 e. The van der Waals surface area contributed by atoms with E-state index in [1.807, 2.05) is 0 Å². The molecule has 2 amide bonds. The predicted octanol–water partition coefficient (Wildman–Crippen LogP) is 4.84. The highest BCUT2D eigenvalue weighted by atomic mass is 35.5. The van der Waals surface area contributed by atoms with E-state index in [4.69, 9.17) is 23.2 Å². The average Bonchev–Trinajstić information content (AvgIpc) is 3.10. The first-order valence-corrected chi connectivity index (χ1v) is 9.22. The van der Waals surface area contributed by atoms with Gasteiger partial charge in [0.05, 0.1) is 0 Å². The monoisotopic (exact) mass is 428 g/mol. The molecule has 0 aromatic heterocycles. The Morgan fingerprint density at radius 1 is 1.11 bits per heavy atom. The van der Waals surface area contributed by atoms with E-state index < -0.39 is 12.7 Å². The number of rotatable bonds is 5. The van der Waals surface area contributed by atoms with E-state index in [0.717, 1.165) is 0 Å². The molecule has 28 heavy (non-hydrogen) atoms. The van der Waals surface area contributed by atoms with Crippen molar-refractivity contribution in [2.24, 2.45) is 0 Å². The maximum Gasteiger partial charge on any atom is 0.387 e. The van der Waals surface area contributed by atoms with E-state index in [0.29, 0.717) is 35.1 Å². The Kier molecular flexibility index (Phi) is 6.36. The molecule has 0 spiro atoms. The standard InChI is InChI=1S/C19H16Cl2F2N2O3/c20-12-8-13(21)10-14(9-12)24-17(26)16-2-1-7-25(16)18(27)11-3-5-15(6-4-11)28-19(22)23/h3-6,8-10,16,19H,1-2,7H2,(H,24,26). The van der Waals surface area contributed by atoms with E-state index in [2.05, 4.69) is 10.1 Å². The summed E-state index contributed by atoms with van der Waals surface area (Å²) in [6, 6.07) is 9.39. The molecule has 1 heterocycles. The number of halogens is 4. The quantitative estimate of drug-likeness (QED) is 0.740. The molecule has 1 saturated heterocycles. The fourth-order valence-corrected chi connectivity index (χ4v) is 3.60. The molecule has 1 aliphatic heterocycles. The second-order valence-electron chi connectivity index (χ2n) is 6.21. The van der Waals surface area contributed by atoms with E-state index in [-0.39, 0.29) is 23.1 Å². The molecule has 2 aromatic rings. The van der Waals surface area contributed by atoms with Crippen LogP contribution in [0, 0.1) is 0 Å². The zero-order valence-electron chi connectivity index (χ0n) is 14.5. The number of carbonyl (C=O) groups excluding carboxylic acids is 2. The van der Waals surface area contributed by atoms with Crippen LogP contribution in [0.5, 0.6) is 5.75 Å². The summed E-state index contributed by atoms with van der Waals surface area (Å²) in [6.07, 6.45) is 1.19. The first kappa shape index (κ1) is 20.4. The van der Waals surface area contributed by atoms with Gasteiger partial charge in [0.25, 0.3) is 5.91 Å². The number of hydrogen-bond acceptors (Lipinski definition) is 3. The predicted molar refractivity (Wildman–Crippen MR) is 102 cm³/mol. The van der Waals surface area contributed by atoms with Crippen LogP contribution in [0.4, 0.5) is 14.5 Å². The first-order chi connectivity index (χ1) is 13.3. The van der Waals surface area contributed by atoms with Crippen LogP contribution >= 0.6 is 23.2 Å². The zero-order chi connectivity index (χ0) is 20.3. The van der Waals surface area contributed by atoms with Crippen molar-refractivity contribution >= 4 is 40.7 Å². The molecule has 0 aliphatic carbocycles. The number of nitrogens with zero attached hydrogens (tertiary/aromatic N) is 1. The van der Waals surface area contributed by atoms with Gasteiger partial charge in [-0.3, -0.25) is 9.59 Å². The van der Waals surface area contributed by atoms with Gasteiger partial charge in [0.15, 0.2) is 0 Å². The summed E-state index contributed by atoms with van der Waals surface area (Å²) < 4.78 is 28.7. The molecule has 1 atom stereocenters. The number of carbonyl (C=O) groups is 2. The van der Waals surface area contributed by atoms with Crippen molar-refractivity contribution in [1.82, 2.24) is 4.90 Å². The first-order valence-electron chi connectivity index (χ1n) is 8.46. The van der Waals surface area contributed by atoms with Gasteiger partial charge in [0, 0.05) is 27.8 Å². The topological polar surface area (TPSA) is 58.6 Å². The second kappa shape index (κ2) is 8.75. The van der Waals surface area contributed by atoms with Crippen LogP contribution in [-0.4, -0.2) is 35.9 Å². The van der Waals surface area contributed by atoms with Crippen molar-refractivity contribution in [3.8, 4) is 5.75 Å². The fraction of sp³-hybridized carbons (Fsp3) is 0.263. The van der Waals surface area contributed by atoms with Crippen LogP contribution < -0.4 is 10.1 Å². The maximum atomic E-state index is 12.8. The van der Waals surface area contributed by atoms with Crippen molar-refractivity contribution in [3.63, 3.8) is 0 Å². The summed E-state index contributed by atoms with van der Waals surface area (Å²) in [5, 5.41) is 3.49. The molecular weight excluding hydrogens is 413 g/mol. The number of benzene rings is 2. The molecule has 1 fully saturated rings. The third kappa shape index (κ3) is 4.91. The highest BCUT2D eigenvalue weighted by molar-refractivity contribution is 6.35. The molecule has 0 bridgehead atoms. The number of ether oxygens (including phenoxy) is 1. The minimum Gasteiger partial charge on any atom is -0.435 e. The van der Waals surface area contributed by atoms with E-state index >= 15 is 0 Å². The van der Waals surface area contributed by atoms with Crippen molar-refractivity contribution in [2.45, 2.75) is 25.5 Å². The molecule has 0 radical (unpaired) electrons. The van der Waals surface area contributed by atoms with Crippen LogP contribution in [0.15, 0.2) is 42.5 Å². The van der Waals surface area contributed by atoms with Gasteiger partial charge in [-0.2, -0.15) is 8.78 Å². The minimum atomic E-state index is -2.94. The number of anilines is 1. The van der Waals surface area contributed by atoms with Crippen LogP contribution in [0.25, 0.3) is 0 Å². The zero-order valence-corrected chi connectivity index (χ0v) is 16.0. The van der Waals surface area contributed by atoms with Crippen molar-refractivity contribution in [3.05, 3.63) is 58.1 Å². The van der Waals surface area contributed by atoms with Gasteiger partial charge in [-0.15, -0.1) is 0 Å². The summed E-state index contributed by atoms with van der Waals surface area (Å²) in [5.41, 5.74) is 0.724. The molecule has 1 N–H and O–H groups in total. The van der Waals surface area contributed by atoms with Gasteiger partial charge < -0.3 is 15.0 Å². The van der Waals surface area contributed by atoms with Crippen molar-refractivity contribution < 1.29 is 23.1 Å². The molecular formula is C19H16Cl2F2N2O3. The smallest absolute Gasteiger partial charge is 0.387 e. The summed E-state index contributed by atoms with van der Waals surface area (Å²) in [4.78, 5) is 26.9. The van der Waals surface area contributed by atoms with Gasteiger partial charge in [0.2, 0.25) is 5.91 Å². The Morgan fingerprint density at radius 3 is 2.36 bits per heavy atom. The van der Waals surface area contributed by atoms with Gasteiger partial charge in [0.1, 0.15) is 11.8 Å². The SMILES string of the molecule is O=C(Nc1cc(Cl)cc(Cl)c1)C1CCCN1C(=O)c1ccc(OC(F)F)cc1. The molecule has 9 heteroatoms. The number of hydrogen-bond donors (Lipinski definition) is 1. The highest BCUT2D eigenvalue weighted by Gasteiger charge is 2.34. The highest BCUT2D eigenvalue weighted by Crippen LogP contribution is 2.26.